The number of hydrogen-bond acceptors (Lipinski definition) is 6. The number of hydrogen-bond donors (Lipinski definition) is 0. The van der Waals surface area contributed by atoms with Gasteiger partial charge >= 0.3 is 0 Å². The van der Waals surface area contributed by atoms with E-state index in [0.717, 1.165) is 38.5 Å². The maximum absolute atomic E-state index is 5.84. The van der Waals surface area contributed by atoms with E-state index in [9.17, 15) is 0 Å². The van der Waals surface area contributed by atoms with E-state index in [1.165, 1.54) is 0 Å². The molecule has 0 fully saturated rings. The lowest BCUT2D eigenvalue weighted by Gasteiger charge is -2.11. The van der Waals surface area contributed by atoms with Crippen molar-refractivity contribution in [1.82, 2.24) is 24.9 Å². The topological polar surface area (TPSA) is 77.6 Å². The number of benzene rings is 3. The van der Waals surface area contributed by atoms with Crippen LogP contribution < -0.4 is 0 Å². The molecule has 35 heavy (non-hydrogen) atoms. The summed E-state index contributed by atoms with van der Waals surface area (Å²) >= 11 is 0. The normalized spacial score (nSPS) is 11.4. The van der Waals surface area contributed by atoms with Crippen LogP contribution in [-0.2, 0) is 0 Å². The second-order valence-electron chi connectivity index (χ2n) is 8.22. The lowest BCUT2D eigenvalue weighted by molar-refractivity contribution is 0.605. The highest BCUT2D eigenvalue weighted by molar-refractivity contribution is 6.09. The molecule has 0 aliphatic heterocycles. The van der Waals surface area contributed by atoms with E-state index in [1.54, 1.807) is 12.4 Å². The number of rotatable bonds is 3. The van der Waals surface area contributed by atoms with Crippen LogP contribution in [0.5, 0.6) is 0 Å². The molecule has 0 radical (unpaired) electrons. The van der Waals surface area contributed by atoms with Crippen molar-refractivity contribution in [2.45, 2.75) is 0 Å². The van der Waals surface area contributed by atoms with Crippen molar-refractivity contribution in [3.63, 3.8) is 0 Å². The van der Waals surface area contributed by atoms with E-state index < -0.39 is 0 Å². The van der Waals surface area contributed by atoms with E-state index in [-0.39, 0.29) is 0 Å². The van der Waals surface area contributed by atoms with Crippen LogP contribution in [0.1, 0.15) is 0 Å². The van der Waals surface area contributed by atoms with Gasteiger partial charge in [-0.15, -0.1) is 0 Å². The molecule has 7 aromatic rings. The van der Waals surface area contributed by atoms with Crippen molar-refractivity contribution < 1.29 is 4.42 Å². The summed E-state index contributed by atoms with van der Waals surface area (Å²) in [6.45, 7) is 0. The molecule has 0 bridgehead atoms. The molecule has 6 nitrogen and oxygen atoms in total. The Balaban J connectivity index is 1.47. The van der Waals surface area contributed by atoms with Gasteiger partial charge in [-0.2, -0.15) is 0 Å². The van der Waals surface area contributed by atoms with Crippen molar-refractivity contribution in [3.05, 3.63) is 103 Å². The molecule has 0 N–H and O–H groups in total. The molecule has 0 spiro atoms. The summed E-state index contributed by atoms with van der Waals surface area (Å²) in [5, 5.41) is 3.24. The van der Waals surface area contributed by atoms with Gasteiger partial charge in [0.05, 0.1) is 11.2 Å². The van der Waals surface area contributed by atoms with Crippen LogP contribution in [0.2, 0.25) is 0 Å². The molecule has 0 atom stereocenters. The first-order valence-electron chi connectivity index (χ1n) is 11.3. The van der Waals surface area contributed by atoms with Crippen molar-refractivity contribution in [2.75, 3.05) is 0 Å². The van der Waals surface area contributed by atoms with E-state index in [2.05, 4.69) is 51.4 Å². The molecule has 6 heteroatoms. The number of aromatic nitrogens is 5. The van der Waals surface area contributed by atoms with Crippen LogP contribution in [-0.4, -0.2) is 24.9 Å². The lowest BCUT2D eigenvalue weighted by atomic mass is 10.0. The Hall–Kier alpha value is -4.97. The van der Waals surface area contributed by atoms with Crippen molar-refractivity contribution >= 4 is 32.9 Å². The predicted molar refractivity (Wildman–Crippen MR) is 137 cm³/mol. The van der Waals surface area contributed by atoms with Crippen LogP contribution in [0.15, 0.2) is 108 Å². The molecule has 4 heterocycles. The smallest absolute Gasteiger partial charge is 0.248 e. The highest BCUT2D eigenvalue weighted by Crippen LogP contribution is 2.33. The van der Waals surface area contributed by atoms with Gasteiger partial charge in [0.1, 0.15) is 11.2 Å². The number of fused-ring (bicyclic) bond motifs is 4. The van der Waals surface area contributed by atoms with Crippen LogP contribution in [0.4, 0.5) is 0 Å². The highest BCUT2D eigenvalue weighted by atomic mass is 16.4. The maximum Gasteiger partial charge on any atom is 0.248 e. The van der Waals surface area contributed by atoms with Gasteiger partial charge in [-0.25, -0.2) is 19.9 Å². The highest BCUT2D eigenvalue weighted by Gasteiger charge is 2.16. The van der Waals surface area contributed by atoms with E-state index >= 15 is 0 Å². The van der Waals surface area contributed by atoms with Gasteiger partial charge in [-0.3, -0.25) is 4.98 Å². The molecule has 0 amide bonds. The minimum absolute atomic E-state index is 0.412. The minimum Gasteiger partial charge on any atom is -0.416 e. The van der Waals surface area contributed by atoms with Crippen molar-refractivity contribution in [2.24, 2.45) is 0 Å². The molecule has 0 unspecified atom stereocenters. The van der Waals surface area contributed by atoms with Crippen LogP contribution in [0.3, 0.4) is 0 Å². The second kappa shape index (κ2) is 7.81. The third kappa shape index (κ3) is 3.31. The van der Waals surface area contributed by atoms with E-state index in [1.807, 2.05) is 54.6 Å². The molecule has 0 aliphatic carbocycles. The van der Waals surface area contributed by atoms with E-state index in [4.69, 9.17) is 14.4 Å². The molecule has 3 aromatic carbocycles. The van der Waals surface area contributed by atoms with Crippen LogP contribution in [0.25, 0.3) is 67.1 Å². The Kier molecular flexibility index (Phi) is 4.35. The van der Waals surface area contributed by atoms with Crippen molar-refractivity contribution in [3.8, 4) is 34.2 Å². The summed E-state index contributed by atoms with van der Waals surface area (Å²) in [5.74, 6) is 1.03. The SMILES string of the molecule is c1ccc(-c2nc(-c3ccnc(-c4nc5cccnc5o4)c3)nc3c2ccc2ccccc23)cc1. The summed E-state index contributed by atoms with van der Waals surface area (Å²) in [6, 6.07) is 30.2. The Bertz CT molecular complexity index is 1830. The Morgan fingerprint density at radius 1 is 0.600 bits per heavy atom. The third-order valence-corrected chi connectivity index (χ3v) is 6.04. The zero-order valence-corrected chi connectivity index (χ0v) is 18.5. The van der Waals surface area contributed by atoms with Gasteiger partial charge in [0, 0.05) is 34.3 Å². The van der Waals surface area contributed by atoms with Gasteiger partial charge in [0.25, 0.3) is 0 Å². The average molecular weight is 451 g/mol. The Morgan fingerprint density at radius 3 is 2.40 bits per heavy atom. The number of nitrogens with zero attached hydrogens (tertiary/aromatic N) is 5. The molecule has 7 rings (SSSR count). The summed E-state index contributed by atoms with van der Waals surface area (Å²) in [5.41, 5.74) is 5.44. The first-order valence-corrected chi connectivity index (χ1v) is 11.3. The molecule has 0 aliphatic rings. The minimum atomic E-state index is 0.412. The second-order valence-corrected chi connectivity index (χ2v) is 8.22. The largest absolute Gasteiger partial charge is 0.416 e. The van der Waals surface area contributed by atoms with Crippen LogP contribution in [0, 0.1) is 0 Å². The number of oxazole rings is 1. The third-order valence-electron chi connectivity index (χ3n) is 6.04. The summed E-state index contributed by atoms with van der Waals surface area (Å²) < 4.78 is 5.84. The van der Waals surface area contributed by atoms with Gasteiger partial charge in [-0.05, 0) is 35.7 Å². The molecular weight excluding hydrogens is 434 g/mol. The quantitative estimate of drug-likeness (QED) is 0.278. The Morgan fingerprint density at radius 2 is 1.49 bits per heavy atom. The molecule has 4 aromatic heterocycles. The molecule has 0 saturated carbocycles. The van der Waals surface area contributed by atoms with Gasteiger partial charge in [0.15, 0.2) is 5.82 Å². The van der Waals surface area contributed by atoms with E-state index in [0.29, 0.717) is 28.6 Å². The standard InChI is InChI=1S/C29H17N5O/c1-2-8-19(9-3-1)25-22-13-12-18-7-4-5-10-21(18)26(22)34-27(33-25)20-14-16-30-24(17-20)29-32-23-11-6-15-31-28(23)35-29/h1-17H. The maximum atomic E-state index is 5.84. The fraction of sp³-hybridized carbons (Fsp3) is 0. The first kappa shape index (κ1) is 19.5. The zero-order chi connectivity index (χ0) is 23.2. The Labute approximate surface area is 200 Å². The molecule has 164 valence electrons. The van der Waals surface area contributed by atoms with Crippen LogP contribution >= 0.6 is 0 Å². The average Bonchev–Trinajstić information content (AvgIpc) is 3.37. The van der Waals surface area contributed by atoms with Crippen molar-refractivity contribution in [1.29, 1.82) is 0 Å². The first-order chi connectivity index (χ1) is 17.3. The van der Waals surface area contributed by atoms with Gasteiger partial charge in [0.2, 0.25) is 11.6 Å². The fourth-order valence-electron chi connectivity index (χ4n) is 4.37. The zero-order valence-electron chi connectivity index (χ0n) is 18.5. The van der Waals surface area contributed by atoms with Gasteiger partial charge < -0.3 is 4.42 Å². The number of pyridine rings is 2. The molecular formula is C29H17N5O. The summed E-state index contributed by atoms with van der Waals surface area (Å²) in [4.78, 5) is 23.3. The molecule has 0 saturated heterocycles. The summed E-state index contributed by atoms with van der Waals surface area (Å²) in [6.07, 6.45) is 3.41. The summed E-state index contributed by atoms with van der Waals surface area (Å²) in [7, 11) is 0. The predicted octanol–water partition coefficient (Wildman–Crippen LogP) is 6.72. The lowest BCUT2D eigenvalue weighted by Crippen LogP contribution is -1.96. The monoisotopic (exact) mass is 451 g/mol. The fourth-order valence-corrected chi connectivity index (χ4v) is 4.37. The van der Waals surface area contributed by atoms with Gasteiger partial charge in [-0.1, -0.05) is 60.7 Å².